The minimum atomic E-state index is 0.0448. The third kappa shape index (κ3) is 2.50. The normalized spacial score (nSPS) is 17.6. The molecule has 4 rings (SSSR count). The predicted molar refractivity (Wildman–Crippen MR) is 80.3 cm³/mol. The van der Waals surface area contributed by atoms with Gasteiger partial charge in [-0.05, 0) is 37.0 Å². The maximum absolute atomic E-state index is 11.9. The van der Waals surface area contributed by atoms with Crippen molar-refractivity contribution in [3.05, 3.63) is 70.2 Å². The van der Waals surface area contributed by atoms with Gasteiger partial charge in [0.05, 0.1) is 0 Å². The number of carbonyl (C=O) groups is 1. The number of hydrogen-bond donors (Lipinski definition) is 0. The standard InChI is InChI=1S/C11H9BrO.C6H6/c12-8-2-1-7-6-11(3-4-11)10(13)9(7)5-8;1-2-4-6-5-3-1/h1-2,5H,3-4,6H2;1-6H. The molecular formula is C17H15BrO. The summed E-state index contributed by atoms with van der Waals surface area (Å²) in [5, 5.41) is 0. The van der Waals surface area contributed by atoms with Gasteiger partial charge < -0.3 is 0 Å². The minimum absolute atomic E-state index is 0.0448. The molecule has 0 atom stereocenters. The molecule has 0 N–H and O–H groups in total. The molecule has 1 saturated carbocycles. The molecule has 0 unspecified atom stereocenters. The Morgan fingerprint density at radius 1 is 0.947 bits per heavy atom. The van der Waals surface area contributed by atoms with E-state index < -0.39 is 0 Å². The quantitative estimate of drug-likeness (QED) is 0.691. The van der Waals surface area contributed by atoms with Crippen molar-refractivity contribution in [1.29, 1.82) is 0 Å². The van der Waals surface area contributed by atoms with Crippen molar-refractivity contribution in [2.45, 2.75) is 19.3 Å². The second-order valence-electron chi connectivity index (χ2n) is 5.24. The highest BCUT2D eigenvalue weighted by Crippen LogP contribution is 2.55. The zero-order valence-corrected chi connectivity index (χ0v) is 12.2. The Labute approximate surface area is 121 Å². The summed E-state index contributed by atoms with van der Waals surface area (Å²) in [4.78, 5) is 11.9. The van der Waals surface area contributed by atoms with Crippen molar-refractivity contribution in [3.63, 3.8) is 0 Å². The van der Waals surface area contributed by atoms with Crippen molar-refractivity contribution in [2.75, 3.05) is 0 Å². The average molecular weight is 315 g/mol. The molecule has 2 heteroatoms. The molecule has 0 radical (unpaired) electrons. The Hall–Kier alpha value is -1.41. The first-order valence-corrected chi connectivity index (χ1v) is 7.34. The van der Waals surface area contributed by atoms with Gasteiger partial charge in [-0.2, -0.15) is 0 Å². The van der Waals surface area contributed by atoms with Crippen LogP contribution in [0.3, 0.4) is 0 Å². The Kier molecular flexibility index (Phi) is 3.28. The van der Waals surface area contributed by atoms with E-state index in [0.29, 0.717) is 5.78 Å². The summed E-state index contributed by atoms with van der Waals surface area (Å²) in [6.07, 6.45) is 3.17. The molecule has 1 nitrogen and oxygen atoms in total. The van der Waals surface area contributed by atoms with E-state index in [4.69, 9.17) is 0 Å². The molecule has 0 aromatic heterocycles. The number of fused-ring (bicyclic) bond motifs is 1. The minimum Gasteiger partial charge on any atom is -0.294 e. The van der Waals surface area contributed by atoms with E-state index in [9.17, 15) is 4.79 Å². The Morgan fingerprint density at radius 2 is 1.53 bits per heavy atom. The largest absolute Gasteiger partial charge is 0.294 e. The maximum Gasteiger partial charge on any atom is 0.169 e. The van der Waals surface area contributed by atoms with Crippen molar-refractivity contribution in [3.8, 4) is 0 Å². The smallest absolute Gasteiger partial charge is 0.169 e. The van der Waals surface area contributed by atoms with Crippen molar-refractivity contribution in [2.24, 2.45) is 5.41 Å². The molecule has 0 amide bonds. The molecule has 0 saturated heterocycles. The number of carbonyl (C=O) groups excluding carboxylic acids is 1. The first-order chi connectivity index (χ1) is 9.21. The first-order valence-electron chi connectivity index (χ1n) is 6.55. The van der Waals surface area contributed by atoms with E-state index in [2.05, 4.69) is 22.0 Å². The predicted octanol–water partition coefficient (Wildman–Crippen LogP) is 4.65. The molecule has 0 bridgehead atoms. The number of rotatable bonds is 0. The van der Waals surface area contributed by atoms with Gasteiger partial charge in [0.25, 0.3) is 0 Å². The highest BCUT2D eigenvalue weighted by Gasteiger charge is 2.54. The summed E-state index contributed by atoms with van der Waals surface area (Å²) in [6.45, 7) is 0. The molecule has 96 valence electrons. The fourth-order valence-electron chi connectivity index (χ4n) is 2.58. The van der Waals surface area contributed by atoms with Crippen LogP contribution in [0.25, 0.3) is 0 Å². The van der Waals surface area contributed by atoms with Crippen LogP contribution in [0.15, 0.2) is 59.1 Å². The monoisotopic (exact) mass is 314 g/mol. The number of halogens is 1. The van der Waals surface area contributed by atoms with Crippen LogP contribution in [0.2, 0.25) is 0 Å². The lowest BCUT2D eigenvalue weighted by molar-refractivity contribution is 0.0919. The van der Waals surface area contributed by atoms with E-state index >= 15 is 0 Å². The Balaban J connectivity index is 0.000000155. The van der Waals surface area contributed by atoms with Crippen LogP contribution in [0.5, 0.6) is 0 Å². The molecule has 0 aliphatic heterocycles. The van der Waals surface area contributed by atoms with Gasteiger partial charge in [0, 0.05) is 15.5 Å². The van der Waals surface area contributed by atoms with E-state index in [1.165, 1.54) is 5.56 Å². The average Bonchev–Trinajstić information content (AvgIpc) is 3.18. The highest BCUT2D eigenvalue weighted by atomic mass is 79.9. The lowest BCUT2D eigenvalue weighted by Gasteiger charge is -1.98. The molecule has 1 spiro atoms. The van der Waals surface area contributed by atoms with Crippen LogP contribution >= 0.6 is 15.9 Å². The van der Waals surface area contributed by atoms with Crippen LogP contribution < -0.4 is 0 Å². The van der Waals surface area contributed by atoms with Gasteiger partial charge in [0.2, 0.25) is 0 Å². The Bertz CT molecular complexity index is 573. The van der Waals surface area contributed by atoms with Gasteiger partial charge in [0.1, 0.15) is 0 Å². The van der Waals surface area contributed by atoms with E-state index in [1.807, 2.05) is 48.5 Å². The summed E-state index contributed by atoms with van der Waals surface area (Å²) >= 11 is 3.40. The molecular weight excluding hydrogens is 300 g/mol. The van der Waals surface area contributed by atoms with Crippen molar-refractivity contribution >= 4 is 21.7 Å². The van der Waals surface area contributed by atoms with Crippen LogP contribution in [0.4, 0.5) is 0 Å². The second kappa shape index (κ2) is 4.93. The molecule has 2 aliphatic carbocycles. The van der Waals surface area contributed by atoms with Gasteiger partial charge in [-0.3, -0.25) is 4.79 Å². The lowest BCUT2D eigenvalue weighted by atomic mass is 10.0. The molecule has 2 aromatic carbocycles. The zero-order valence-electron chi connectivity index (χ0n) is 10.6. The molecule has 0 heterocycles. The Morgan fingerprint density at radius 3 is 2.05 bits per heavy atom. The molecule has 19 heavy (non-hydrogen) atoms. The third-order valence-corrected chi connectivity index (χ3v) is 4.34. The fraction of sp³-hybridized carbons (Fsp3) is 0.235. The van der Waals surface area contributed by atoms with Crippen LogP contribution in [-0.4, -0.2) is 5.78 Å². The SMILES string of the molecule is O=C1c2cc(Br)ccc2CC12CC2.c1ccccc1. The van der Waals surface area contributed by atoms with Gasteiger partial charge in [-0.1, -0.05) is 58.4 Å². The van der Waals surface area contributed by atoms with Gasteiger partial charge in [-0.15, -0.1) is 0 Å². The number of hydrogen-bond acceptors (Lipinski definition) is 1. The van der Waals surface area contributed by atoms with Gasteiger partial charge in [-0.25, -0.2) is 0 Å². The molecule has 2 aromatic rings. The van der Waals surface area contributed by atoms with E-state index in [0.717, 1.165) is 29.3 Å². The lowest BCUT2D eigenvalue weighted by Crippen LogP contribution is -2.08. The maximum atomic E-state index is 11.9. The second-order valence-corrected chi connectivity index (χ2v) is 6.16. The summed E-state index contributed by atoms with van der Waals surface area (Å²) in [6, 6.07) is 18.1. The molecule has 1 fully saturated rings. The first kappa shape index (κ1) is 12.6. The van der Waals surface area contributed by atoms with Crippen LogP contribution in [0, 0.1) is 5.41 Å². The summed E-state index contributed by atoms with van der Waals surface area (Å²) in [7, 11) is 0. The summed E-state index contributed by atoms with van der Waals surface area (Å²) in [5.74, 6) is 0.379. The van der Waals surface area contributed by atoms with Crippen molar-refractivity contribution < 1.29 is 4.79 Å². The van der Waals surface area contributed by atoms with Gasteiger partial charge >= 0.3 is 0 Å². The van der Waals surface area contributed by atoms with Gasteiger partial charge in [0.15, 0.2) is 5.78 Å². The summed E-state index contributed by atoms with van der Waals surface area (Å²) in [5.41, 5.74) is 2.24. The zero-order chi connectivity index (χ0) is 13.3. The number of benzene rings is 2. The van der Waals surface area contributed by atoms with E-state index in [1.54, 1.807) is 0 Å². The topological polar surface area (TPSA) is 17.1 Å². The van der Waals surface area contributed by atoms with Crippen LogP contribution in [0.1, 0.15) is 28.8 Å². The molecule has 2 aliphatic rings. The fourth-order valence-corrected chi connectivity index (χ4v) is 2.95. The number of ketones is 1. The highest BCUT2D eigenvalue weighted by molar-refractivity contribution is 9.10. The third-order valence-electron chi connectivity index (χ3n) is 3.85. The number of Topliss-reactive ketones (excluding diaryl/α,β-unsaturated/α-hetero) is 1. The van der Waals surface area contributed by atoms with Crippen molar-refractivity contribution in [1.82, 2.24) is 0 Å². The summed E-state index contributed by atoms with van der Waals surface area (Å²) < 4.78 is 1.01. The van der Waals surface area contributed by atoms with Crippen LogP contribution in [-0.2, 0) is 6.42 Å². The van der Waals surface area contributed by atoms with E-state index in [-0.39, 0.29) is 5.41 Å².